The van der Waals surface area contributed by atoms with Gasteiger partial charge in [0.1, 0.15) is 0 Å². The molecule has 0 bridgehead atoms. The van der Waals surface area contributed by atoms with E-state index in [2.05, 4.69) is 22.2 Å². The van der Waals surface area contributed by atoms with E-state index in [1.807, 2.05) is 16.9 Å². The molecule has 1 aromatic rings. The summed E-state index contributed by atoms with van der Waals surface area (Å²) in [4.78, 5) is 7.14. The number of hydrogen-bond donors (Lipinski definition) is 1. The van der Waals surface area contributed by atoms with E-state index in [1.54, 1.807) is 6.20 Å². The molecule has 6 heteroatoms. The van der Waals surface area contributed by atoms with E-state index < -0.39 is 0 Å². The van der Waals surface area contributed by atoms with Gasteiger partial charge in [-0.3, -0.25) is 9.67 Å². The van der Waals surface area contributed by atoms with Crippen LogP contribution in [0.5, 0.6) is 0 Å². The number of nitrogens with zero attached hydrogens (tertiary/aromatic N) is 4. The Kier molecular flexibility index (Phi) is 4.43. The van der Waals surface area contributed by atoms with Crippen LogP contribution in [0.4, 0.5) is 0 Å². The van der Waals surface area contributed by atoms with Crippen molar-refractivity contribution in [3.8, 4) is 0 Å². The fourth-order valence-corrected chi connectivity index (χ4v) is 3.20. The summed E-state index contributed by atoms with van der Waals surface area (Å²) < 4.78 is 7.52. The van der Waals surface area contributed by atoms with Crippen molar-refractivity contribution >= 4 is 5.96 Å². The number of aromatic nitrogens is 2. The lowest BCUT2D eigenvalue weighted by Crippen LogP contribution is -2.41. The van der Waals surface area contributed by atoms with Crippen LogP contribution in [0.1, 0.15) is 19.8 Å². The molecule has 2 fully saturated rings. The van der Waals surface area contributed by atoms with Gasteiger partial charge in [0.05, 0.1) is 19.7 Å². The minimum Gasteiger partial charge on any atom is -0.381 e. The lowest BCUT2D eigenvalue weighted by molar-refractivity contribution is 0.156. The second kappa shape index (κ2) is 6.47. The Hall–Kier alpha value is -1.56. The van der Waals surface area contributed by atoms with Crippen LogP contribution in [0.3, 0.4) is 0 Å². The fraction of sp³-hybridized carbons (Fsp3) is 0.733. The SMILES string of the molecule is CCNC(=NCCn1cccn1)N1CCC2(CCOC2)C1. The molecule has 0 aliphatic carbocycles. The highest BCUT2D eigenvalue weighted by Crippen LogP contribution is 2.38. The number of nitrogens with one attached hydrogen (secondary N) is 1. The molecule has 0 amide bonds. The average Bonchev–Trinajstić information content (AvgIpc) is 3.22. The maximum Gasteiger partial charge on any atom is 0.193 e. The highest BCUT2D eigenvalue weighted by Gasteiger charge is 2.42. The number of aliphatic imine (C=N–C) groups is 1. The molecule has 116 valence electrons. The van der Waals surface area contributed by atoms with Crippen molar-refractivity contribution in [2.75, 3.05) is 39.4 Å². The van der Waals surface area contributed by atoms with Crippen molar-refractivity contribution in [3.63, 3.8) is 0 Å². The Labute approximate surface area is 126 Å². The molecule has 3 rings (SSSR count). The number of ether oxygens (including phenoxy) is 1. The van der Waals surface area contributed by atoms with Crippen LogP contribution < -0.4 is 5.32 Å². The molecule has 1 atom stereocenters. The second-order valence-electron chi connectivity index (χ2n) is 5.98. The highest BCUT2D eigenvalue weighted by molar-refractivity contribution is 5.80. The van der Waals surface area contributed by atoms with Crippen LogP contribution in [-0.4, -0.2) is 60.0 Å². The molecule has 0 aromatic carbocycles. The minimum absolute atomic E-state index is 0.373. The molecule has 1 spiro atoms. The lowest BCUT2D eigenvalue weighted by Gasteiger charge is -2.25. The Morgan fingerprint density at radius 3 is 3.14 bits per heavy atom. The van der Waals surface area contributed by atoms with Crippen LogP contribution >= 0.6 is 0 Å². The van der Waals surface area contributed by atoms with E-state index in [4.69, 9.17) is 9.73 Å². The van der Waals surface area contributed by atoms with Crippen molar-refractivity contribution in [3.05, 3.63) is 18.5 Å². The molecular formula is C15H25N5O. The third-order valence-corrected chi connectivity index (χ3v) is 4.41. The quantitative estimate of drug-likeness (QED) is 0.663. The maximum absolute atomic E-state index is 5.60. The fourth-order valence-electron chi connectivity index (χ4n) is 3.20. The lowest BCUT2D eigenvalue weighted by atomic mass is 9.87. The van der Waals surface area contributed by atoms with Gasteiger partial charge in [0.2, 0.25) is 0 Å². The Bertz CT molecular complexity index is 464. The number of guanidine groups is 1. The first kappa shape index (κ1) is 14.4. The third-order valence-electron chi connectivity index (χ3n) is 4.41. The van der Waals surface area contributed by atoms with Gasteiger partial charge in [-0.25, -0.2) is 0 Å². The largest absolute Gasteiger partial charge is 0.381 e. The van der Waals surface area contributed by atoms with Gasteiger partial charge in [-0.1, -0.05) is 0 Å². The molecule has 21 heavy (non-hydrogen) atoms. The number of likely N-dealkylation sites (tertiary alicyclic amines) is 1. The van der Waals surface area contributed by atoms with Crippen molar-refractivity contribution in [1.29, 1.82) is 0 Å². The average molecular weight is 291 g/mol. The van der Waals surface area contributed by atoms with Crippen molar-refractivity contribution < 1.29 is 4.74 Å². The van der Waals surface area contributed by atoms with E-state index in [0.29, 0.717) is 5.41 Å². The van der Waals surface area contributed by atoms with E-state index >= 15 is 0 Å². The second-order valence-corrected chi connectivity index (χ2v) is 5.98. The van der Waals surface area contributed by atoms with Gasteiger partial charge in [0.25, 0.3) is 0 Å². The molecule has 3 heterocycles. The molecule has 1 aromatic heterocycles. The zero-order valence-electron chi connectivity index (χ0n) is 12.8. The minimum atomic E-state index is 0.373. The summed E-state index contributed by atoms with van der Waals surface area (Å²) in [7, 11) is 0. The van der Waals surface area contributed by atoms with Crippen molar-refractivity contribution in [1.82, 2.24) is 20.0 Å². The molecule has 1 unspecified atom stereocenters. The van der Waals surface area contributed by atoms with E-state index in [-0.39, 0.29) is 0 Å². The van der Waals surface area contributed by atoms with Gasteiger partial charge in [-0.05, 0) is 25.8 Å². The van der Waals surface area contributed by atoms with Crippen LogP contribution in [0.15, 0.2) is 23.5 Å². The highest BCUT2D eigenvalue weighted by atomic mass is 16.5. The molecule has 0 saturated carbocycles. The first-order valence-corrected chi connectivity index (χ1v) is 7.90. The van der Waals surface area contributed by atoms with Crippen LogP contribution in [0.2, 0.25) is 0 Å². The maximum atomic E-state index is 5.60. The third kappa shape index (κ3) is 3.37. The Morgan fingerprint density at radius 2 is 2.43 bits per heavy atom. The zero-order valence-corrected chi connectivity index (χ0v) is 12.8. The van der Waals surface area contributed by atoms with E-state index in [9.17, 15) is 0 Å². The molecule has 0 radical (unpaired) electrons. The van der Waals surface area contributed by atoms with Gasteiger partial charge >= 0.3 is 0 Å². The summed E-state index contributed by atoms with van der Waals surface area (Å²) in [5.41, 5.74) is 0.373. The zero-order chi connectivity index (χ0) is 14.5. The van der Waals surface area contributed by atoms with Crippen LogP contribution in [0.25, 0.3) is 0 Å². The summed E-state index contributed by atoms with van der Waals surface area (Å²) in [6.07, 6.45) is 6.19. The molecule has 6 nitrogen and oxygen atoms in total. The molecule has 1 N–H and O–H groups in total. The number of hydrogen-bond acceptors (Lipinski definition) is 3. The van der Waals surface area contributed by atoms with Gasteiger partial charge in [-0.15, -0.1) is 0 Å². The summed E-state index contributed by atoms with van der Waals surface area (Å²) in [6, 6.07) is 1.94. The summed E-state index contributed by atoms with van der Waals surface area (Å²) in [6.45, 7) is 8.58. The molecule has 2 saturated heterocycles. The van der Waals surface area contributed by atoms with Gasteiger partial charge < -0.3 is 15.0 Å². The van der Waals surface area contributed by atoms with Gasteiger partial charge in [0.15, 0.2) is 5.96 Å². The van der Waals surface area contributed by atoms with E-state index in [1.165, 1.54) is 12.8 Å². The Morgan fingerprint density at radius 1 is 1.48 bits per heavy atom. The smallest absolute Gasteiger partial charge is 0.193 e. The normalized spacial score (nSPS) is 26.0. The molecular weight excluding hydrogens is 266 g/mol. The summed E-state index contributed by atoms with van der Waals surface area (Å²) >= 11 is 0. The summed E-state index contributed by atoms with van der Waals surface area (Å²) in [5.74, 6) is 1.04. The molecule has 2 aliphatic rings. The van der Waals surface area contributed by atoms with Gasteiger partial charge in [-0.2, -0.15) is 5.10 Å². The first-order chi connectivity index (χ1) is 10.3. The van der Waals surface area contributed by atoms with Crippen molar-refractivity contribution in [2.45, 2.75) is 26.3 Å². The topological polar surface area (TPSA) is 54.7 Å². The van der Waals surface area contributed by atoms with E-state index in [0.717, 1.165) is 51.9 Å². The predicted molar refractivity (Wildman–Crippen MR) is 82.3 cm³/mol. The number of rotatable bonds is 4. The summed E-state index contributed by atoms with van der Waals surface area (Å²) in [5, 5.41) is 7.63. The van der Waals surface area contributed by atoms with Crippen molar-refractivity contribution in [2.24, 2.45) is 10.4 Å². The predicted octanol–water partition coefficient (Wildman–Crippen LogP) is 0.961. The van der Waals surface area contributed by atoms with Gasteiger partial charge in [0, 0.05) is 44.0 Å². The van der Waals surface area contributed by atoms with Crippen LogP contribution in [-0.2, 0) is 11.3 Å². The monoisotopic (exact) mass is 291 g/mol. The molecule has 2 aliphatic heterocycles. The first-order valence-electron chi connectivity index (χ1n) is 7.90. The Balaban J connectivity index is 1.58. The standard InChI is InChI=1S/C15H25N5O/c1-2-16-14(17-7-10-20-8-3-6-18-20)19-9-4-15(12-19)5-11-21-13-15/h3,6,8H,2,4-5,7,9-13H2,1H3,(H,16,17). The van der Waals surface area contributed by atoms with Crippen LogP contribution in [0, 0.1) is 5.41 Å².